The summed E-state index contributed by atoms with van der Waals surface area (Å²) in [5, 5.41) is 0. The summed E-state index contributed by atoms with van der Waals surface area (Å²) in [6.07, 6.45) is 4.54. The smallest absolute Gasteiger partial charge is 0.328 e. The predicted octanol–water partition coefficient (Wildman–Crippen LogP) is 2.36. The first-order valence-electron chi connectivity index (χ1n) is 6.29. The number of carbonyl (C=O) groups excluding carboxylic acids is 2. The molecule has 2 atom stereocenters. The Labute approximate surface area is 117 Å². The highest BCUT2D eigenvalue weighted by atomic mass is 16.6. The molecule has 0 saturated carbocycles. The fraction of sp³-hybridized carbons (Fsp3) is 0.250. The van der Waals surface area contributed by atoms with Gasteiger partial charge in [0.2, 0.25) is 0 Å². The van der Waals surface area contributed by atoms with Crippen molar-refractivity contribution in [2.75, 3.05) is 7.11 Å². The van der Waals surface area contributed by atoms with Crippen molar-refractivity contribution in [1.29, 1.82) is 0 Å². The first-order chi connectivity index (χ1) is 9.62. The van der Waals surface area contributed by atoms with Crippen LogP contribution in [0.4, 0.5) is 0 Å². The zero-order chi connectivity index (χ0) is 14.6. The third-order valence-electron chi connectivity index (χ3n) is 3.32. The fourth-order valence-corrected chi connectivity index (χ4v) is 2.17. The molecule has 4 nitrogen and oxygen atoms in total. The highest BCUT2D eigenvalue weighted by molar-refractivity contribution is 6.04. The van der Waals surface area contributed by atoms with E-state index in [0.29, 0.717) is 0 Å². The molecular weight excluding hydrogens is 256 g/mol. The first-order valence-corrected chi connectivity index (χ1v) is 6.29. The van der Waals surface area contributed by atoms with Crippen molar-refractivity contribution in [3.8, 4) is 0 Å². The molecule has 0 radical (unpaired) electrons. The van der Waals surface area contributed by atoms with Crippen LogP contribution < -0.4 is 0 Å². The Morgan fingerprint density at radius 2 is 2.15 bits per heavy atom. The summed E-state index contributed by atoms with van der Waals surface area (Å²) in [5.74, 6) is -1.21. The van der Waals surface area contributed by atoms with Crippen molar-refractivity contribution in [2.45, 2.75) is 12.5 Å². The highest BCUT2D eigenvalue weighted by Gasteiger charge is 2.53. The van der Waals surface area contributed by atoms with Gasteiger partial charge in [-0.15, -0.1) is 0 Å². The van der Waals surface area contributed by atoms with Crippen LogP contribution in [0.25, 0.3) is 6.08 Å². The minimum atomic E-state index is -1.39. The second kappa shape index (κ2) is 5.74. The average Bonchev–Trinajstić information content (AvgIpc) is 2.83. The van der Waals surface area contributed by atoms with E-state index in [0.717, 1.165) is 5.56 Å². The summed E-state index contributed by atoms with van der Waals surface area (Å²) in [5.41, 5.74) is -0.491. The van der Waals surface area contributed by atoms with Gasteiger partial charge in [0.1, 0.15) is 6.10 Å². The van der Waals surface area contributed by atoms with Crippen LogP contribution in [0.1, 0.15) is 12.0 Å². The molecule has 104 valence electrons. The third kappa shape index (κ3) is 2.50. The molecule has 2 rings (SSSR count). The topological polar surface area (TPSA) is 52.6 Å². The lowest BCUT2D eigenvalue weighted by Crippen LogP contribution is -2.34. The predicted molar refractivity (Wildman–Crippen MR) is 74.6 cm³/mol. The Balaban J connectivity index is 2.34. The Hall–Kier alpha value is -2.36. The maximum absolute atomic E-state index is 12.1. The SMILES string of the molecule is C=CC1CC(/C=C/c2ccccc2)(C(=O)OC)C(=O)O1. The monoisotopic (exact) mass is 272 g/mol. The van der Waals surface area contributed by atoms with Gasteiger partial charge in [-0.3, -0.25) is 9.59 Å². The maximum Gasteiger partial charge on any atom is 0.328 e. The molecule has 2 unspecified atom stereocenters. The Morgan fingerprint density at radius 3 is 2.70 bits per heavy atom. The molecule has 1 aliphatic heterocycles. The van der Waals surface area contributed by atoms with E-state index < -0.39 is 23.5 Å². The van der Waals surface area contributed by atoms with Gasteiger partial charge in [0.05, 0.1) is 7.11 Å². The van der Waals surface area contributed by atoms with Crippen molar-refractivity contribution < 1.29 is 19.1 Å². The third-order valence-corrected chi connectivity index (χ3v) is 3.32. The lowest BCUT2D eigenvalue weighted by Gasteiger charge is -2.17. The molecule has 1 aromatic carbocycles. The molecule has 1 aliphatic rings. The molecule has 0 bridgehead atoms. The van der Waals surface area contributed by atoms with E-state index in [1.54, 1.807) is 12.2 Å². The van der Waals surface area contributed by atoms with Gasteiger partial charge >= 0.3 is 11.9 Å². The van der Waals surface area contributed by atoms with Crippen molar-refractivity contribution in [1.82, 2.24) is 0 Å². The van der Waals surface area contributed by atoms with Gasteiger partial charge in [-0.25, -0.2) is 0 Å². The molecule has 1 heterocycles. The summed E-state index contributed by atoms with van der Waals surface area (Å²) in [4.78, 5) is 24.1. The van der Waals surface area contributed by atoms with Crippen LogP contribution in [0.2, 0.25) is 0 Å². The molecule has 20 heavy (non-hydrogen) atoms. The summed E-state index contributed by atoms with van der Waals surface area (Å²) in [6, 6.07) is 9.42. The number of cyclic esters (lactones) is 1. The van der Waals surface area contributed by atoms with Crippen LogP contribution in [-0.2, 0) is 19.1 Å². The number of carbonyl (C=O) groups is 2. The fourth-order valence-electron chi connectivity index (χ4n) is 2.17. The van der Waals surface area contributed by atoms with E-state index in [9.17, 15) is 9.59 Å². The number of methoxy groups -OCH3 is 1. The number of hydrogen-bond acceptors (Lipinski definition) is 4. The second-order valence-electron chi connectivity index (χ2n) is 4.59. The minimum Gasteiger partial charge on any atom is -0.468 e. The summed E-state index contributed by atoms with van der Waals surface area (Å²) >= 11 is 0. The van der Waals surface area contributed by atoms with Gasteiger partial charge in [-0.2, -0.15) is 0 Å². The first kappa shape index (κ1) is 14.1. The highest BCUT2D eigenvalue weighted by Crippen LogP contribution is 2.37. The Morgan fingerprint density at radius 1 is 1.45 bits per heavy atom. The van der Waals surface area contributed by atoms with E-state index in [-0.39, 0.29) is 6.42 Å². The molecule has 1 aromatic rings. The van der Waals surface area contributed by atoms with Gasteiger partial charge in [0, 0.05) is 6.42 Å². The van der Waals surface area contributed by atoms with Crippen LogP contribution in [0, 0.1) is 5.41 Å². The summed E-state index contributed by atoms with van der Waals surface area (Å²) < 4.78 is 9.89. The van der Waals surface area contributed by atoms with Gasteiger partial charge in [0.25, 0.3) is 0 Å². The normalized spacial score (nSPS) is 25.4. The molecule has 1 fully saturated rings. The quantitative estimate of drug-likeness (QED) is 0.479. The van der Waals surface area contributed by atoms with E-state index in [4.69, 9.17) is 9.47 Å². The van der Waals surface area contributed by atoms with Crippen LogP contribution >= 0.6 is 0 Å². The maximum atomic E-state index is 12.1. The van der Waals surface area contributed by atoms with E-state index in [2.05, 4.69) is 6.58 Å². The van der Waals surface area contributed by atoms with Gasteiger partial charge in [-0.05, 0) is 5.56 Å². The molecular formula is C16H16O4. The molecule has 0 aliphatic carbocycles. The van der Waals surface area contributed by atoms with Crippen LogP contribution in [0.5, 0.6) is 0 Å². The molecule has 4 heteroatoms. The van der Waals surface area contributed by atoms with Gasteiger partial charge < -0.3 is 9.47 Å². The largest absolute Gasteiger partial charge is 0.468 e. The molecule has 1 saturated heterocycles. The Bertz CT molecular complexity index is 547. The molecule has 0 aromatic heterocycles. The number of benzene rings is 1. The summed E-state index contributed by atoms with van der Waals surface area (Å²) in [7, 11) is 1.26. The average molecular weight is 272 g/mol. The zero-order valence-corrected chi connectivity index (χ0v) is 11.2. The standard InChI is InChI=1S/C16H16O4/c1-3-13-11-16(14(17)19-2,15(18)20-13)10-9-12-7-5-4-6-8-12/h3-10,13H,1,11H2,2H3/b10-9+. The van der Waals surface area contributed by atoms with E-state index >= 15 is 0 Å². The minimum absolute atomic E-state index is 0.214. The second-order valence-corrected chi connectivity index (χ2v) is 4.59. The van der Waals surface area contributed by atoms with Crippen molar-refractivity contribution in [3.05, 3.63) is 54.6 Å². The number of ether oxygens (including phenoxy) is 2. The van der Waals surface area contributed by atoms with E-state index in [1.807, 2.05) is 30.3 Å². The van der Waals surface area contributed by atoms with Crippen molar-refractivity contribution in [2.24, 2.45) is 5.41 Å². The van der Waals surface area contributed by atoms with Crippen LogP contribution in [0.15, 0.2) is 49.1 Å². The van der Waals surface area contributed by atoms with Crippen molar-refractivity contribution >= 4 is 18.0 Å². The van der Waals surface area contributed by atoms with Crippen molar-refractivity contribution in [3.63, 3.8) is 0 Å². The van der Waals surface area contributed by atoms with E-state index in [1.165, 1.54) is 13.2 Å². The zero-order valence-electron chi connectivity index (χ0n) is 11.2. The number of esters is 2. The lowest BCUT2D eigenvalue weighted by molar-refractivity contribution is -0.159. The molecule has 0 spiro atoms. The Kier molecular flexibility index (Phi) is 4.03. The molecule has 0 amide bonds. The van der Waals surface area contributed by atoms with Crippen LogP contribution in [0.3, 0.4) is 0 Å². The van der Waals surface area contributed by atoms with Gasteiger partial charge in [-0.1, -0.05) is 55.1 Å². The number of hydrogen-bond donors (Lipinski definition) is 0. The number of rotatable bonds is 4. The van der Waals surface area contributed by atoms with Crippen LogP contribution in [-0.4, -0.2) is 25.2 Å². The summed E-state index contributed by atoms with van der Waals surface area (Å²) in [6.45, 7) is 3.59. The lowest BCUT2D eigenvalue weighted by atomic mass is 9.83. The molecule has 0 N–H and O–H groups in total. The van der Waals surface area contributed by atoms with Gasteiger partial charge in [0.15, 0.2) is 5.41 Å².